The summed E-state index contributed by atoms with van der Waals surface area (Å²) in [4.78, 5) is 12.2. The van der Waals surface area contributed by atoms with E-state index in [1.165, 1.54) is 17.8 Å². The summed E-state index contributed by atoms with van der Waals surface area (Å²) in [5.41, 5.74) is 0.861. The van der Waals surface area contributed by atoms with Crippen molar-refractivity contribution in [2.75, 3.05) is 0 Å². The monoisotopic (exact) mass is 288 g/mol. The van der Waals surface area contributed by atoms with Crippen LogP contribution in [0.4, 0.5) is 5.69 Å². The number of nitro groups is 1. The zero-order valence-electron chi connectivity index (χ0n) is 10.7. The van der Waals surface area contributed by atoms with Crippen LogP contribution in [-0.4, -0.2) is 15.8 Å². The third kappa shape index (κ3) is 3.16. The molecular formula is C14H12N2O3S. The zero-order chi connectivity index (χ0) is 14.5. The Morgan fingerprint density at radius 2 is 1.95 bits per heavy atom. The number of nitrogens with zero attached hydrogens (tertiary/aromatic N) is 2. The van der Waals surface area contributed by atoms with Crippen molar-refractivity contribution in [3.63, 3.8) is 0 Å². The molecule has 0 aliphatic rings. The van der Waals surface area contributed by atoms with Gasteiger partial charge in [-0.1, -0.05) is 41.2 Å². The summed E-state index contributed by atoms with van der Waals surface area (Å²) in [6.07, 6.45) is 0. The van der Waals surface area contributed by atoms with E-state index in [0.29, 0.717) is 16.2 Å². The van der Waals surface area contributed by atoms with Crippen LogP contribution < -0.4 is 0 Å². The number of rotatable bonds is 4. The maximum atomic E-state index is 11.2. The van der Waals surface area contributed by atoms with E-state index >= 15 is 0 Å². The minimum atomic E-state index is -0.431. The summed E-state index contributed by atoms with van der Waals surface area (Å²) in [5, 5.41) is 23.0. The fraction of sp³-hybridized carbons (Fsp3) is 0.0714. The lowest BCUT2D eigenvalue weighted by atomic mass is 10.1. The maximum absolute atomic E-state index is 11.2. The SMILES string of the molecule is CC(=NO)c1ccc(Sc2ccccc2)c([N+](=O)[O-])c1. The molecule has 0 heterocycles. The number of hydrogen-bond acceptors (Lipinski definition) is 5. The second kappa shape index (κ2) is 6.21. The van der Waals surface area contributed by atoms with Crippen LogP contribution in [0.2, 0.25) is 0 Å². The first-order valence-electron chi connectivity index (χ1n) is 5.82. The molecule has 0 aromatic heterocycles. The molecule has 0 fully saturated rings. The molecule has 0 amide bonds. The highest BCUT2D eigenvalue weighted by molar-refractivity contribution is 7.99. The Bertz CT molecular complexity index is 657. The van der Waals surface area contributed by atoms with Crippen molar-refractivity contribution in [1.82, 2.24) is 0 Å². The number of oxime groups is 1. The van der Waals surface area contributed by atoms with Gasteiger partial charge in [0.05, 0.1) is 15.5 Å². The Balaban J connectivity index is 2.41. The molecule has 0 aliphatic carbocycles. The Morgan fingerprint density at radius 1 is 1.25 bits per heavy atom. The molecule has 0 saturated heterocycles. The van der Waals surface area contributed by atoms with Gasteiger partial charge in [-0.05, 0) is 25.1 Å². The van der Waals surface area contributed by atoms with Crippen LogP contribution in [0, 0.1) is 10.1 Å². The number of hydrogen-bond donors (Lipinski definition) is 1. The predicted octanol–water partition coefficient (Wildman–Crippen LogP) is 3.94. The molecule has 6 heteroatoms. The molecule has 0 unspecified atom stereocenters. The molecule has 102 valence electrons. The molecule has 0 bridgehead atoms. The van der Waals surface area contributed by atoms with Gasteiger partial charge < -0.3 is 5.21 Å². The second-order valence-electron chi connectivity index (χ2n) is 4.04. The molecule has 2 aromatic rings. The van der Waals surface area contributed by atoms with Gasteiger partial charge in [-0.15, -0.1) is 0 Å². The van der Waals surface area contributed by atoms with Crippen molar-refractivity contribution >= 4 is 23.2 Å². The van der Waals surface area contributed by atoms with Crippen LogP contribution in [0.5, 0.6) is 0 Å². The Hall–Kier alpha value is -2.34. The summed E-state index contributed by atoms with van der Waals surface area (Å²) in [7, 11) is 0. The minimum absolute atomic E-state index is 0.000599. The van der Waals surface area contributed by atoms with Crippen LogP contribution in [0.15, 0.2) is 63.5 Å². The van der Waals surface area contributed by atoms with E-state index < -0.39 is 4.92 Å². The molecular weight excluding hydrogens is 276 g/mol. The first kappa shape index (κ1) is 14.1. The molecule has 2 aromatic carbocycles. The van der Waals surface area contributed by atoms with E-state index in [2.05, 4.69) is 5.16 Å². The smallest absolute Gasteiger partial charge is 0.283 e. The van der Waals surface area contributed by atoms with Gasteiger partial charge in [-0.25, -0.2) is 0 Å². The first-order chi connectivity index (χ1) is 9.61. The van der Waals surface area contributed by atoms with E-state index in [0.717, 1.165) is 4.90 Å². The van der Waals surface area contributed by atoms with Crippen molar-refractivity contribution in [3.05, 3.63) is 64.2 Å². The molecule has 0 atom stereocenters. The summed E-state index contributed by atoms with van der Waals surface area (Å²) in [6, 6.07) is 14.2. The molecule has 20 heavy (non-hydrogen) atoms. The van der Waals surface area contributed by atoms with E-state index in [-0.39, 0.29) is 5.69 Å². The standard InChI is InChI=1S/C14H12N2O3S/c1-10(15-17)11-7-8-14(13(9-11)16(18)19)20-12-5-3-2-4-6-12/h2-9,17H,1H3. The van der Waals surface area contributed by atoms with Gasteiger partial charge in [0.2, 0.25) is 0 Å². The van der Waals surface area contributed by atoms with Crippen LogP contribution in [-0.2, 0) is 0 Å². The average Bonchev–Trinajstić information content (AvgIpc) is 2.47. The zero-order valence-corrected chi connectivity index (χ0v) is 11.5. The van der Waals surface area contributed by atoms with Gasteiger partial charge in [0, 0.05) is 16.5 Å². The third-order valence-electron chi connectivity index (χ3n) is 2.69. The van der Waals surface area contributed by atoms with Gasteiger partial charge in [-0.3, -0.25) is 10.1 Å². The lowest BCUT2D eigenvalue weighted by molar-refractivity contribution is -0.387. The van der Waals surface area contributed by atoms with Crippen LogP contribution in [0.1, 0.15) is 12.5 Å². The highest BCUT2D eigenvalue weighted by Gasteiger charge is 2.16. The fourth-order valence-corrected chi connectivity index (χ4v) is 2.57. The van der Waals surface area contributed by atoms with Crippen molar-refractivity contribution in [3.8, 4) is 0 Å². The third-order valence-corrected chi connectivity index (χ3v) is 3.77. The van der Waals surface area contributed by atoms with Crippen molar-refractivity contribution in [2.24, 2.45) is 5.16 Å². The molecule has 5 nitrogen and oxygen atoms in total. The molecule has 0 aliphatic heterocycles. The van der Waals surface area contributed by atoms with E-state index in [9.17, 15) is 10.1 Å². The Labute approximate surface area is 120 Å². The summed E-state index contributed by atoms with van der Waals surface area (Å²) in [5.74, 6) is 0. The Morgan fingerprint density at radius 3 is 2.55 bits per heavy atom. The second-order valence-corrected chi connectivity index (χ2v) is 5.16. The van der Waals surface area contributed by atoms with Crippen molar-refractivity contribution in [1.29, 1.82) is 0 Å². The summed E-state index contributed by atoms with van der Waals surface area (Å²) >= 11 is 1.33. The van der Waals surface area contributed by atoms with Gasteiger partial charge in [0.15, 0.2) is 0 Å². The van der Waals surface area contributed by atoms with E-state index in [1.807, 2.05) is 30.3 Å². The predicted molar refractivity (Wildman–Crippen MR) is 77.7 cm³/mol. The van der Waals surface area contributed by atoms with Crippen LogP contribution in [0.3, 0.4) is 0 Å². The molecule has 2 rings (SSSR count). The molecule has 0 spiro atoms. The number of benzene rings is 2. The van der Waals surface area contributed by atoms with Gasteiger partial charge >= 0.3 is 0 Å². The average molecular weight is 288 g/mol. The van der Waals surface area contributed by atoms with Gasteiger partial charge in [0.1, 0.15) is 0 Å². The maximum Gasteiger partial charge on any atom is 0.283 e. The minimum Gasteiger partial charge on any atom is -0.411 e. The lowest BCUT2D eigenvalue weighted by Gasteiger charge is -2.05. The highest BCUT2D eigenvalue weighted by Crippen LogP contribution is 2.35. The first-order valence-corrected chi connectivity index (χ1v) is 6.64. The van der Waals surface area contributed by atoms with Crippen molar-refractivity contribution in [2.45, 2.75) is 16.7 Å². The van der Waals surface area contributed by atoms with Gasteiger partial charge in [0.25, 0.3) is 5.69 Å². The van der Waals surface area contributed by atoms with Crippen LogP contribution >= 0.6 is 11.8 Å². The highest BCUT2D eigenvalue weighted by atomic mass is 32.2. The molecule has 0 saturated carbocycles. The normalized spacial score (nSPS) is 11.3. The van der Waals surface area contributed by atoms with Crippen LogP contribution in [0.25, 0.3) is 0 Å². The Kier molecular flexibility index (Phi) is 4.37. The number of nitro benzene ring substituents is 1. The van der Waals surface area contributed by atoms with E-state index in [1.54, 1.807) is 19.1 Å². The largest absolute Gasteiger partial charge is 0.411 e. The van der Waals surface area contributed by atoms with Crippen molar-refractivity contribution < 1.29 is 10.1 Å². The summed E-state index contributed by atoms with van der Waals surface area (Å²) in [6.45, 7) is 1.59. The van der Waals surface area contributed by atoms with Gasteiger partial charge in [-0.2, -0.15) is 0 Å². The lowest BCUT2D eigenvalue weighted by Crippen LogP contribution is -1.98. The van der Waals surface area contributed by atoms with E-state index in [4.69, 9.17) is 5.21 Å². The topological polar surface area (TPSA) is 75.7 Å². The molecule has 0 radical (unpaired) electrons. The summed E-state index contributed by atoms with van der Waals surface area (Å²) < 4.78 is 0. The molecule has 1 N–H and O–H groups in total. The quantitative estimate of drug-likeness (QED) is 0.400. The fourth-order valence-electron chi connectivity index (χ4n) is 1.64.